The minimum Gasteiger partial charge on any atom is -0.309 e. The fourth-order valence-electron chi connectivity index (χ4n) is 13.4. The van der Waals surface area contributed by atoms with E-state index in [4.69, 9.17) is 0 Å². The van der Waals surface area contributed by atoms with Crippen LogP contribution < -0.4 is 0 Å². The lowest BCUT2D eigenvalue weighted by Crippen LogP contribution is -1.95. The number of fused-ring (bicyclic) bond motifs is 11. The zero-order valence-corrected chi connectivity index (χ0v) is 43.2. The van der Waals surface area contributed by atoms with E-state index in [0.29, 0.717) is 0 Å². The van der Waals surface area contributed by atoms with Crippen LogP contribution in [0.25, 0.3) is 159 Å². The zero-order chi connectivity index (χ0) is 52.0. The van der Waals surface area contributed by atoms with Gasteiger partial charge in [-0.05, 0) is 156 Å². The molecule has 0 saturated heterocycles. The van der Waals surface area contributed by atoms with Gasteiger partial charge in [0.1, 0.15) is 0 Å². The van der Waals surface area contributed by atoms with Gasteiger partial charge < -0.3 is 4.57 Å². The van der Waals surface area contributed by atoms with Crippen LogP contribution in [0.1, 0.15) is 0 Å². The van der Waals surface area contributed by atoms with Gasteiger partial charge in [-0.25, -0.2) is 0 Å². The Kier molecular flexibility index (Phi) is 10.3. The van der Waals surface area contributed by atoms with E-state index in [1.807, 2.05) is 0 Å². The highest BCUT2D eigenvalue weighted by atomic mass is 15.0. The summed E-state index contributed by atoms with van der Waals surface area (Å²) >= 11 is 0. The Morgan fingerprint density at radius 1 is 0.177 bits per heavy atom. The highest BCUT2D eigenvalue weighted by Gasteiger charge is 2.24. The molecule has 0 saturated carbocycles. The molecule has 0 aliphatic carbocycles. The van der Waals surface area contributed by atoms with E-state index in [1.165, 1.54) is 153 Å². The average Bonchev–Trinajstić information content (AvgIpc) is 4.13. The minimum atomic E-state index is 1.13. The first kappa shape index (κ1) is 44.9. The van der Waals surface area contributed by atoms with E-state index >= 15 is 0 Å². The van der Waals surface area contributed by atoms with Crippen LogP contribution in [0.5, 0.6) is 0 Å². The monoisotopic (exact) mass is 999 g/mol. The molecule has 366 valence electrons. The molecular formula is C78H49N. The van der Waals surface area contributed by atoms with Crippen LogP contribution in [0.15, 0.2) is 297 Å². The second-order valence-electron chi connectivity index (χ2n) is 21.0. The Hall–Kier alpha value is -10.3. The van der Waals surface area contributed by atoms with Crippen LogP contribution in [0.3, 0.4) is 0 Å². The molecule has 1 nitrogen and oxygen atoms in total. The summed E-state index contributed by atoms with van der Waals surface area (Å²) in [5.74, 6) is 0. The summed E-state index contributed by atoms with van der Waals surface area (Å²) in [6, 6.07) is 110. The van der Waals surface area contributed by atoms with E-state index in [1.54, 1.807) is 0 Å². The van der Waals surface area contributed by atoms with Gasteiger partial charge in [0.05, 0.1) is 11.0 Å². The highest BCUT2D eigenvalue weighted by Crippen LogP contribution is 2.49. The van der Waals surface area contributed by atoms with E-state index in [2.05, 4.69) is 302 Å². The van der Waals surface area contributed by atoms with Gasteiger partial charge in [0.15, 0.2) is 0 Å². The number of rotatable bonds is 7. The van der Waals surface area contributed by atoms with Crippen LogP contribution in [0.2, 0.25) is 0 Å². The lowest BCUT2D eigenvalue weighted by atomic mass is 9.85. The first-order chi connectivity index (χ1) is 39.2. The zero-order valence-electron chi connectivity index (χ0n) is 43.2. The van der Waals surface area contributed by atoms with Crippen molar-refractivity contribution >= 4 is 86.4 Å². The summed E-state index contributed by atoms with van der Waals surface area (Å²) < 4.78 is 2.51. The molecular weight excluding hydrogens is 951 g/mol. The smallest absolute Gasteiger partial charge is 0.0553 e. The minimum absolute atomic E-state index is 1.13. The Morgan fingerprint density at radius 3 is 0.709 bits per heavy atom. The first-order valence-corrected chi connectivity index (χ1v) is 27.4. The predicted molar refractivity (Wildman–Crippen MR) is 338 cm³/mol. The van der Waals surface area contributed by atoms with Crippen LogP contribution in [-0.4, -0.2) is 4.57 Å². The van der Waals surface area contributed by atoms with Crippen molar-refractivity contribution in [3.05, 3.63) is 297 Å². The SMILES string of the molecule is c1ccc(-c2c3ccccc3c(-c3ccc(-c4cc5c(c6ccccc46)c4c6ccccc6c(-c6ccc(-c7c8ccccc8c(-c8ccccc8)c8ccccc78)cc6)cc4n5-c4ccccc4)cc3)c3ccccc23)cc1. The van der Waals surface area contributed by atoms with Crippen LogP contribution in [-0.2, 0) is 0 Å². The third kappa shape index (κ3) is 7.03. The van der Waals surface area contributed by atoms with Gasteiger partial charge in [-0.1, -0.05) is 273 Å². The Bertz CT molecular complexity index is 4650. The van der Waals surface area contributed by atoms with Crippen LogP contribution >= 0.6 is 0 Å². The molecule has 0 N–H and O–H groups in total. The van der Waals surface area contributed by atoms with Crippen molar-refractivity contribution in [1.29, 1.82) is 0 Å². The molecule has 0 fully saturated rings. The molecule has 0 aliphatic heterocycles. The molecule has 1 heteroatoms. The molecule has 0 radical (unpaired) electrons. The second kappa shape index (κ2) is 18.2. The van der Waals surface area contributed by atoms with Crippen molar-refractivity contribution < 1.29 is 0 Å². The van der Waals surface area contributed by atoms with Crippen LogP contribution in [0.4, 0.5) is 0 Å². The van der Waals surface area contributed by atoms with Gasteiger partial charge >= 0.3 is 0 Å². The second-order valence-corrected chi connectivity index (χ2v) is 21.0. The Balaban J connectivity index is 0.885. The van der Waals surface area contributed by atoms with Crippen molar-refractivity contribution in [2.75, 3.05) is 0 Å². The number of benzene rings is 15. The molecule has 0 atom stereocenters. The molecule has 0 amide bonds. The molecule has 0 spiro atoms. The van der Waals surface area contributed by atoms with Crippen molar-refractivity contribution in [3.63, 3.8) is 0 Å². The van der Waals surface area contributed by atoms with E-state index in [-0.39, 0.29) is 0 Å². The Morgan fingerprint density at radius 2 is 0.405 bits per heavy atom. The van der Waals surface area contributed by atoms with Gasteiger partial charge in [-0.3, -0.25) is 0 Å². The molecule has 15 aromatic carbocycles. The largest absolute Gasteiger partial charge is 0.309 e. The standard InChI is InChI=1S/C78H49N/c1-4-22-52(23-5-1)73-61-32-14-18-36-65(61)75(66-37-19-15-33-62(66)73)54-44-40-50(41-45-54)69-48-71-77(59-30-12-10-28-57(59)69)78-60-31-13-11-29-58(60)70(49-72(78)79(71)56-26-8-3-9-27-56)51-42-46-55(47-43-51)76-67-38-20-16-34-63(67)74(53-24-6-2-7-25-53)64-35-17-21-39-68(64)76/h1-49H. The molecule has 16 rings (SSSR count). The maximum atomic E-state index is 2.51. The van der Waals surface area contributed by atoms with Gasteiger partial charge in [0, 0.05) is 16.5 Å². The number of para-hydroxylation sites is 1. The van der Waals surface area contributed by atoms with Gasteiger partial charge in [0.2, 0.25) is 0 Å². The lowest BCUT2D eigenvalue weighted by molar-refractivity contribution is 1.18. The number of aromatic nitrogens is 1. The molecule has 1 heterocycles. The number of hydrogen-bond donors (Lipinski definition) is 0. The predicted octanol–water partition coefficient (Wildman–Crippen LogP) is 21.7. The van der Waals surface area contributed by atoms with E-state index < -0.39 is 0 Å². The molecule has 0 unspecified atom stereocenters. The maximum Gasteiger partial charge on any atom is 0.0553 e. The van der Waals surface area contributed by atoms with Gasteiger partial charge in [0.25, 0.3) is 0 Å². The van der Waals surface area contributed by atoms with Gasteiger partial charge in [-0.15, -0.1) is 0 Å². The fraction of sp³-hybridized carbons (Fsp3) is 0. The summed E-state index contributed by atoms with van der Waals surface area (Å²) in [5, 5.41) is 17.6. The summed E-state index contributed by atoms with van der Waals surface area (Å²) in [4.78, 5) is 0. The lowest BCUT2D eigenvalue weighted by Gasteiger charge is -2.18. The molecule has 1 aromatic heterocycles. The summed E-state index contributed by atoms with van der Waals surface area (Å²) in [6.07, 6.45) is 0. The molecule has 16 aromatic rings. The quantitative estimate of drug-likeness (QED) is 0.140. The third-order valence-corrected chi connectivity index (χ3v) is 16.8. The van der Waals surface area contributed by atoms with Crippen molar-refractivity contribution in [2.24, 2.45) is 0 Å². The average molecular weight is 1000 g/mol. The van der Waals surface area contributed by atoms with Crippen LogP contribution in [0, 0.1) is 0 Å². The van der Waals surface area contributed by atoms with E-state index in [0.717, 1.165) is 5.69 Å². The normalized spacial score (nSPS) is 11.8. The maximum absolute atomic E-state index is 2.51. The summed E-state index contributed by atoms with van der Waals surface area (Å²) in [7, 11) is 0. The van der Waals surface area contributed by atoms with E-state index in [9.17, 15) is 0 Å². The highest BCUT2D eigenvalue weighted by molar-refractivity contribution is 6.32. The number of nitrogens with zero attached hydrogens (tertiary/aromatic N) is 1. The van der Waals surface area contributed by atoms with Gasteiger partial charge in [-0.2, -0.15) is 0 Å². The molecule has 0 bridgehead atoms. The summed E-state index contributed by atoms with van der Waals surface area (Å²) in [5.41, 5.74) is 18.2. The molecule has 0 aliphatic rings. The molecule has 79 heavy (non-hydrogen) atoms. The Labute approximate surface area is 458 Å². The summed E-state index contributed by atoms with van der Waals surface area (Å²) in [6.45, 7) is 0. The van der Waals surface area contributed by atoms with Crippen molar-refractivity contribution in [2.45, 2.75) is 0 Å². The van der Waals surface area contributed by atoms with Crippen molar-refractivity contribution in [3.8, 4) is 72.4 Å². The first-order valence-electron chi connectivity index (χ1n) is 27.4. The number of hydrogen-bond acceptors (Lipinski definition) is 0. The third-order valence-electron chi connectivity index (χ3n) is 16.8. The topological polar surface area (TPSA) is 4.93 Å². The van der Waals surface area contributed by atoms with Crippen molar-refractivity contribution in [1.82, 2.24) is 4.57 Å². The fourth-order valence-corrected chi connectivity index (χ4v) is 13.4.